The number of carbonyl (C=O) groups is 1. The van der Waals surface area contributed by atoms with Gasteiger partial charge in [-0.15, -0.1) is 0 Å². The summed E-state index contributed by atoms with van der Waals surface area (Å²) in [5, 5.41) is 0.824. The number of thioether (sulfide) groups is 1. The Bertz CT molecular complexity index is 217. The summed E-state index contributed by atoms with van der Waals surface area (Å²) >= 11 is 2.08. The molecule has 2 rings (SSSR count). The lowest BCUT2D eigenvalue weighted by Crippen LogP contribution is -2.39. The Morgan fingerprint density at radius 1 is 1.62 bits per heavy atom. The second-order valence-corrected chi connectivity index (χ2v) is 5.73. The van der Waals surface area contributed by atoms with Gasteiger partial charge in [0.15, 0.2) is 0 Å². The standard InChI is InChI=1S/C10H17NOS/c1-7(2)10(12)5-11-4-9-3-8(11)6-13-9/h7-9H,3-6H2,1-2H3. The van der Waals surface area contributed by atoms with Crippen LogP contribution in [0.15, 0.2) is 0 Å². The van der Waals surface area contributed by atoms with E-state index in [4.69, 9.17) is 0 Å². The maximum atomic E-state index is 11.5. The summed E-state index contributed by atoms with van der Waals surface area (Å²) in [4.78, 5) is 13.9. The number of Topliss-reactive ketones (excluding diaryl/α,β-unsaturated/α-hetero) is 1. The molecule has 2 atom stereocenters. The van der Waals surface area contributed by atoms with Gasteiger partial charge in [0.1, 0.15) is 5.78 Å². The molecule has 0 saturated carbocycles. The van der Waals surface area contributed by atoms with Crippen LogP contribution in [0.2, 0.25) is 0 Å². The molecule has 2 aliphatic heterocycles. The third kappa shape index (κ3) is 1.91. The van der Waals surface area contributed by atoms with Crippen LogP contribution in [0.1, 0.15) is 20.3 Å². The Labute approximate surface area is 84.1 Å². The van der Waals surface area contributed by atoms with Crippen LogP contribution in [0.25, 0.3) is 0 Å². The third-order valence-corrected chi connectivity index (χ3v) is 4.41. The summed E-state index contributed by atoms with van der Waals surface area (Å²) < 4.78 is 0. The molecule has 74 valence electrons. The van der Waals surface area contributed by atoms with E-state index in [2.05, 4.69) is 16.7 Å². The van der Waals surface area contributed by atoms with Crippen LogP contribution < -0.4 is 0 Å². The first-order chi connectivity index (χ1) is 6.16. The number of rotatable bonds is 3. The van der Waals surface area contributed by atoms with E-state index in [1.807, 2.05) is 13.8 Å². The average Bonchev–Trinajstić information content (AvgIpc) is 2.64. The van der Waals surface area contributed by atoms with Crippen molar-refractivity contribution in [3.05, 3.63) is 0 Å². The van der Waals surface area contributed by atoms with Crippen LogP contribution in [0, 0.1) is 5.92 Å². The lowest BCUT2D eigenvalue weighted by molar-refractivity contribution is -0.123. The number of fused-ring (bicyclic) bond motifs is 2. The molecule has 2 nitrogen and oxygen atoms in total. The highest BCUT2D eigenvalue weighted by Crippen LogP contribution is 2.37. The molecule has 2 saturated heterocycles. The minimum atomic E-state index is 0.201. The molecule has 2 heterocycles. The quantitative estimate of drug-likeness (QED) is 0.685. The molecule has 0 radical (unpaired) electrons. The maximum Gasteiger partial charge on any atom is 0.149 e. The van der Waals surface area contributed by atoms with Gasteiger partial charge < -0.3 is 0 Å². The van der Waals surface area contributed by atoms with Gasteiger partial charge in [-0.3, -0.25) is 9.69 Å². The van der Waals surface area contributed by atoms with Crippen molar-refractivity contribution in [2.24, 2.45) is 5.92 Å². The van der Waals surface area contributed by atoms with Crippen molar-refractivity contribution >= 4 is 17.5 Å². The van der Waals surface area contributed by atoms with Crippen molar-refractivity contribution in [1.82, 2.24) is 4.90 Å². The van der Waals surface area contributed by atoms with Crippen molar-refractivity contribution in [3.8, 4) is 0 Å². The average molecular weight is 199 g/mol. The van der Waals surface area contributed by atoms with Crippen molar-refractivity contribution in [3.63, 3.8) is 0 Å². The first kappa shape index (κ1) is 9.53. The fourth-order valence-electron chi connectivity index (χ4n) is 2.06. The van der Waals surface area contributed by atoms with Crippen LogP contribution in [0.3, 0.4) is 0 Å². The Morgan fingerprint density at radius 2 is 2.38 bits per heavy atom. The Morgan fingerprint density at radius 3 is 2.85 bits per heavy atom. The highest BCUT2D eigenvalue weighted by Gasteiger charge is 2.38. The van der Waals surface area contributed by atoms with E-state index in [1.165, 1.54) is 12.2 Å². The molecule has 0 aliphatic carbocycles. The minimum absolute atomic E-state index is 0.201. The molecule has 0 spiro atoms. The van der Waals surface area contributed by atoms with E-state index in [1.54, 1.807) is 0 Å². The summed E-state index contributed by atoms with van der Waals surface area (Å²) in [6.45, 7) is 5.82. The van der Waals surface area contributed by atoms with E-state index in [0.29, 0.717) is 18.4 Å². The number of nitrogens with zero attached hydrogens (tertiary/aromatic N) is 1. The highest BCUT2D eigenvalue weighted by atomic mass is 32.2. The number of carbonyl (C=O) groups excluding carboxylic acids is 1. The van der Waals surface area contributed by atoms with Gasteiger partial charge in [-0.25, -0.2) is 0 Å². The molecular weight excluding hydrogens is 182 g/mol. The molecule has 2 unspecified atom stereocenters. The van der Waals surface area contributed by atoms with Crippen molar-refractivity contribution in [2.75, 3.05) is 18.8 Å². The van der Waals surface area contributed by atoms with Crippen molar-refractivity contribution in [1.29, 1.82) is 0 Å². The summed E-state index contributed by atoms with van der Waals surface area (Å²) in [5.74, 6) is 1.85. The van der Waals surface area contributed by atoms with Gasteiger partial charge in [0.25, 0.3) is 0 Å². The topological polar surface area (TPSA) is 20.3 Å². The monoisotopic (exact) mass is 199 g/mol. The normalized spacial score (nSPS) is 33.2. The zero-order valence-corrected chi connectivity index (χ0v) is 9.14. The van der Waals surface area contributed by atoms with Crippen LogP contribution in [0.5, 0.6) is 0 Å². The van der Waals surface area contributed by atoms with Gasteiger partial charge in [0.05, 0.1) is 6.54 Å². The SMILES string of the molecule is CC(C)C(=O)CN1CC2CC1CS2. The van der Waals surface area contributed by atoms with E-state index in [-0.39, 0.29) is 5.92 Å². The predicted molar refractivity (Wildman–Crippen MR) is 56.1 cm³/mol. The van der Waals surface area contributed by atoms with Crippen LogP contribution in [0.4, 0.5) is 0 Å². The Balaban J connectivity index is 1.86. The fourth-order valence-corrected chi connectivity index (χ4v) is 3.55. The van der Waals surface area contributed by atoms with Crippen LogP contribution in [-0.2, 0) is 4.79 Å². The van der Waals surface area contributed by atoms with Gasteiger partial charge in [-0.2, -0.15) is 11.8 Å². The van der Waals surface area contributed by atoms with E-state index < -0.39 is 0 Å². The Hall–Kier alpha value is -0.0200. The van der Waals surface area contributed by atoms with Gasteiger partial charge >= 0.3 is 0 Å². The zero-order chi connectivity index (χ0) is 9.42. The molecule has 2 aliphatic rings. The van der Waals surface area contributed by atoms with E-state index in [9.17, 15) is 4.79 Å². The van der Waals surface area contributed by atoms with E-state index >= 15 is 0 Å². The first-order valence-electron chi connectivity index (χ1n) is 5.05. The molecule has 0 aromatic heterocycles. The molecule has 3 heteroatoms. The van der Waals surface area contributed by atoms with Crippen molar-refractivity contribution in [2.45, 2.75) is 31.6 Å². The summed E-state index contributed by atoms with van der Waals surface area (Å²) in [6.07, 6.45) is 1.32. The van der Waals surface area contributed by atoms with E-state index in [0.717, 1.165) is 11.8 Å². The fraction of sp³-hybridized carbons (Fsp3) is 0.900. The third-order valence-electron chi connectivity index (χ3n) is 3.02. The summed E-state index contributed by atoms with van der Waals surface area (Å²) in [5.41, 5.74) is 0. The smallest absolute Gasteiger partial charge is 0.149 e. The largest absolute Gasteiger partial charge is 0.298 e. The summed E-state index contributed by atoms with van der Waals surface area (Å²) in [6, 6.07) is 0.706. The lowest BCUT2D eigenvalue weighted by Gasteiger charge is -2.26. The lowest BCUT2D eigenvalue weighted by atomic mass is 10.1. The van der Waals surface area contributed by atoms with Gasteiger partial charge in [0.2, 0.25) is 0 Å². The first-order valence-corrected chi connectivity index (χ1v) is 6.10. The molecule has 0 aromatic rings. The van der Waals surface area contributed by atoms with Crippen LogP contribution >= 0.6 is 11.8 Å². The number of ketones is 1. The molecule has 0 aromatic carbocycles. The number of hydrogen-bond acceptors (Lipinski definition) is 3. The maximum absolute atomic E-state index is 11.5. The molecule has 0 amide bonds. The summed E-state index contributed by atoms with van der Waals surface area (Å²) in [7, 11) is 0. The van der Waals surface area contributed by atoms with Crippen LogP contribution in [-0.4, -0.2) is 40.8 Å². The van der Waals surface area contributed by atoms with Gasteiger partial charge in [-0.1, -0.05) is 13.8 Å². The second-order valence-electron chi connectivity index (χ2n) is 4.40. The highest BCUT2D eigenvalue weighted by molar-refractivity contribution is 8.00. The Kier molecular flexibility index (Phi) is 2.65. The van der Waals surface area contributed by atoms with Gasteiger partial charge in [0, 0.05) is 29.5 Å². The number of hydrogen-bond donors (Lipinski definition) is 0. The van der Waals surface area contributed by atoms with Crippen molar-refractivity contribution < 1.29 is 4.79 Å². The molecule has 2 bridgehead atoms. The molecule has 2 fully saturated rings. The molecule has 0 N–H and O–H groups in total. The molecular formula is C10H17NOS. The number of likely N-dealkylation sites (tertiary alicyclic amines) is 1. The predicted octanol–water partition coefficient (Wildman–Crippen LogP) is 1.40. The minimum Gasteiger partial charge on any atom is -0.298 e. The zero-order valence-electron chi connectivity index (χ0n) is 8.32. The molecule has 13 heavy (non-hydrogen) atoms. The van der Waals surface area contributed by atoms with Gasteiger partial charge in [-0.05, 0) is 6.42 Å². The second kappa shape index (κ2) is 3.62.